The predicted molar refractivity (Wildman–Crippen MR) is 59.0 cm³/mol. The first-order valence-electron chi connectivity index (χ1n) is 4.58. The average Bonchev–Trinajstić information content (AvgIpc) is 1.98. The lowest BCUT2D eigenvalue weighted by molar-refractivity contribution is 0.334. The largest absolute Gasteiger partial charge is 0.544 e. The molecule has 0 fully saturated rings. The van der Waals surface area contributed by atoms with Gasteiger partial charge in [0.05, 0.1) is 13.4 Å². The second kappa shape index (κ2) is 5.86. The molecule has 0 aromatic heterocycles. The molecule has 3 heteroatoms. The Balaban J connectivity index is 4.28. The molecular weight excluding hydrogens is 180 g/mol. The average molecular weight is 200 g/mol. The normalized spacial score (nSPS) is 13.5. The lowest BCUT2D eigenvalue weighted by atomic mass is 10.4. The van der Waals surface area contributed by atoms with E-state index in [9.17, 15) is 0 Å². The van der Waals surface area contributed by atoms with Gasteiger partial charge < -0.3 is 9.16 Å². The van der Waals surface area contributed by atoms with Gasteiger partial charge in [0.15, 0.2) is 0 Å². The second-order valence-electron chi connectivity index (χ2n) is 3.77. The minimum absolute atomic E-state index is 0.920. The maximum Gasteiger partial charge on any atom is 0.242 e. The molecule has 0 heterocycles. The monoisotopic (exact) mass is 200 g/mol. The van der Waals surface area contributed by atoms with Crippen molar-refractivity contribution in [2.45, 2.75) is 33.0 Å². The van der Waals surface area contributed by atoms with Crippen molar-refractivity contribution in [3.63, 3.8) is 0 Å². The number of hydrogen-bond acceptors (Lipinski definition) is 2. The molecule has 0 atom stereocenters. The molecule has 0 aliphatic rings. The number of ether oxygens (including phenoxy) is 1. The number of allylic oxidation sites excluding steroid dienone is 2. The molecule has 0 aromatic rings. The van der Waals surface area contributed by atoms with Gasteiger partial charge in [0.1, 0.15) is 5.76 Å². The first-order chi connectivity index (χ1) is 5.99. The van der Waals surface area contributed by atoms with Gasteiger partial charge in [0.2, 0.25) is 8.32 Å². The Labute approximate surface area is 82.4 Å². The van der Waals surface area contributed by atoms with E-state index in [0.717, 1.165) is 12.2 Å². The first-order valence-corrected chi connectivity index (χ1v) is 7.99. The number of hydrogen-bond donors (Lipinski definition) is 0. The summed E-state index contributed by atoms with van der Waals surface area (Å²) in [6.07, 6.45) is 6.55. The Kier molecular flexibility index (Phi) is 5.54. The van der Waals surface area contributed by atoms with Gasteiger partial charge in [0.25, 0.3) is 0 Å². The van der Waals surface area contributed by atoms with Crippen molar-refractivity contribution < 1.29 is 9.16 Å². The minimum atomic E-state index is -1.48. The van der Waals surface area contributed by atoms with E-state index in [1.54, 1.807) is 13.4 Å². The Morgan fingerprint density at radius 1 is 1.31 bits per heavy atom. The van der Waals surface area contributed by atoms with E-state index >= 15 is 0 Å². The van der Waals surface area contributed by atoms with E-state index in [2.05, 4.69) is 32.6 Å². The highest BCUT2D eigenvalue weighted by molar-refractivity contribution is 6.70. The SMILES string of the molecule is CCC=C(C=COC)O[Si](C)(C)C. The fraction of sp³-hybridized carbons (Fsp3) is 0.600. The predicted octanol–water partition coefficient (Wildman–Crippen LogP) is 3.29. The molecule has 0 spiro atoms. The van der Waals surface area contributed by atoms with Crippen LogP contribution in [0.1, 0.15) is 13.3 Å². The topological polar surface area (TPSA) is 18.5 Å². The lowest BCUT2D eigenvalue weighted by Gasteiger charge is -2.19. The third-order valence-electron chi connectivity index (χ3n) is 1.20. The Hall–Kier alpha value is -0.703. The van der Waals surface area contributed by atoms with Crippen LogP contribution in [-0.4, -0.2) is 15.4 Å². The summed E-state index contributed by atoms with van der Waals surface area (Å²) in [5.74, 6) is 0.920. The third kappa shape index (κ3) is 7.65. The van der Waals surface area contributed by atoms with E-state index in [1.165, 1.54) is 0 Å². The highest BCUT2D eigenvalue weighted by Gasteiger charge is 2.16. The molecule has 0 N–H and O–H groups in total. The molecular formula is C10H20O2Si. The van der Waals surface area contributed by atoms with Crippen LogP contribution in [0.2, 0.25) is 19.6 Å². The zero-order chi connectivity index (χ0) is 10.3. The van der Waals surface area contributed by atoms with Crippen molar-refractivity contribution >= 4 is 8.32 Å². The van der Waals surface area contributed by atoms with Crippen LogP contribution in [0, 0.1) is 0 Å². The van der Waals surface area contributed by atoms with Gasteiger partial charge in [-0.1, -0.05) is 6.92 Å². The summed E-state index contributed by atoms with van der Waals surface area (Å²) in [7, 11) is 0.151. The fourth-order valence-corrected chi connectivity index (χ4v) is 1.69. The molecule has 13 heavy (non-hydrogen) atoms. The molecule has 0 saturated heterocycles. The van der Waals surface area contributed by atoms with E-state index < -0.39 is 8.32 Å². The molecule has 0 aromatic carbocycles. The van der Waals surface area contributed by atoms with E-state index in [4.69, 9.17) is 9.16 Å². The quantitative estimate of drug-likeness (QED) is 0.385. The van der Waals surface area contributed by atoms with Gasteiger partial charge in [-0.05, 0) is 32.1 Å². The van der Waals surface area contributed by atoms with E-state index in [0.29, 0.717) is 0 Å². The molecule has 0 rings (SSSR count). The summed E-state index contributed by atoms with van der Waals surface area (Å²) in [5, 5.41) is 0. The third-order valence-corrected chi connectivity index (χ3v) is 2.05. The molecule has 2 nitrogen and oxygen atoms in total. The zero-order valence-corrected chi connectivity index (χ0v) is 10.3. The molecule has 76 valence electrons. The van der Waals surface area contributed by atoms with Crippen LogP contribution in [-0.2, 0) is 9.16 Å². The second-order valence-corrected chi connectivity index (χ2v) is 8.20. The highest BCUT2D eigenvalue weighted by atomic mass is 28.4. The molecule has 0 saturated carbocycles. The maximum absolute atomic E-state index is 5.81. The standard InChI is InChI=1S/C10H20O2Si/c1-6-7-10(8-9-11-2)12-13(3,4)5/h7-9H,6H2,1-5H3. The van der Waals surface area contributed by atoms with Crippen molar-refractivity contribution in [2.24, 2.45) is 0 Å². The number of methoxy groups -OCH3 is 1. The molecule has 0 radical (unpaired) electrons. The van der Waals surface area contributed by atoms with Crippen LogP contribution >= 0.6 is 0 Å². The number of rotatable bonds is 5. The van der Waals surface area contributed by atoms with Gasteiger partial charge >= 0.3 is 0 Å². The van der Waals surface area contributed by atoms with Gasteiger partial charge in [-0.3, -0.25) is 0 Å². The van der Waals surface area contributed by atoms with Crippen LogP contribution in [0.25, 0.3) is 0 Å². The highest BCUT2D eigenvalue weighted by Crippen LogP contribution is 2.12. The summed E-state index contributed by atoms with van der Waals surface area (Å²) < 4.78 is 10.7. The Morgan fingerprint density at radius 3 is 2.31 bits per heavy atom. The van der Waals surface area contributed by atoms with Crippen molar-refractivity contribution in [1.29, 1.82) is 0 Å². The summed E-state index contributed by atoms with van der Waals surface area (Å²) in [4.78, 5) is 0. The van der Waals surface area contributed by atoms with Gasteiger partial charge in [-0.25, -0.2) is 0 Å². The Morgan fingerprint density at radius 2 is 1.92 bits per heavy atom. The Bertz CT molecular complexity index is 190. The van der Waals surface area contributed by atoms with Gasteiger partial charge in [-0.15, -0.1) is 0 Å². The molecule has 0 unspecified atom stereocenters. The maximum atomic E-state index is 5.81. The van der Waals surface area contributed by atoms with Crippen molar-refractivity contribution in [2.75, 3.05) is 7.11 Å². The van der Waals surface area contributed by atoms with Crippen LogP contribution in [0.15, 0.2) is 24.2 Å². The van der Waals surface area contributed by atoms with Crippen LogP contribution in [0.3, 0.4) is 0 Å². The summed E-state index contributed by atoms with van der Waals surface area (Å²) >= 11 is 0. The van der Waals surface area contributed by atoms with Gasteiger partial charge in [0, 0.05) is 6.08 Å². The van der Waals surface area contributed by atoms with Crippen molar-refractivity contribution in [3.8, 4) is 0 Å². The van der Waals surface area contributed by atoms with Crippen LogP contribution in [0.5, 0.6) is 0 Å². The van der Waals surface area contributed by atoms with Crippen LogP contribution in [0.4, 0.5) is 0 Å². The summed E-state index contributed by atoms with van der Waals surface area (Å²) in [6.45, 7) is 8.58. The minimum Gasteiger partial charge on any atom is -0.544 e. The summed E-state index contributed by atoms with van der Waals surface area (Å²) in [5.41, 5.74) is 0. The zero-order valence-electron chi connectivity index (χ0n) is 9.26. The summed E-state index contributed by atoms with van der Waals surface area (Å²) in [6, 6.07) is 0. The van der Waals surface area contributed by atoms with E-state index in [1.807, 2.05) is 6.08 Å². The molecule has 0 aliphatic heterocycles. The van der Waals surface area contributed by atoms with Crippen LogP contribution < -0.4 is 0 Å². The lowest BCUT2D eigenvalue weighted by Crippen LogP contribution is -2.24. The van der Waals surface area contributed by atoms with Gasteiger partial charge in [-0.2, -0.15) is 0 Å². The molecule has 0 bridgehead atoms. The van der Waals surface area contributed by atoms with Crippen molar-refractivity contribution in [1.82, 2.24) is 0 Å². The smallest absolute Gasteiger partial charge is 0.242 e. The van der Waals surface area contributed by atoms with Crippen molar-refractivity contribution in [3.05, 3.63) is 24.2 Å². The fourth-order valence-electron chi connectivity index (χ4n) is 0.834. The van der Waals surface area contributed by atoms with E-state index in [-0.39, 0.29) is 0 Å². The molecule has 0 aliphatic carbocycles. The molecule has 0 amide bonds. The first kappa shape index (κ1) is 12.3.